The van der Waals surface area contributed by atoms with Crippen LogP contribution in [0, 0.1) is 0 Å². The molecule has 2 aliphatic rings. The summed E-state index contributed by atoms with van der Waals surface area (Å²) in [6.45, 7) is 4.80. The molecule has 1 aromatic heterocycles. The van der Waals surface area contributed by atoms with E-state index < -0.39 is 11.8 Å². The highest BCUT2D eigenvalue weighted by atomic mass is 16.2. The summed E-state index contributed by atoms with van der Waals surface area (Å²) in [6.07, 6.45) is 7.16. The molecule has 30 heavy (non-hydrogen) atoms. The highest BCUT2D eigenvalue weighted by Gasteiger charge is 2.35. The first kappa shape index (κ1) is 20.3. The van der Waals surface area contributed by atoms with E-state index in [0.717, 1.165) is 49.8 Å². The number of amides is 2. The van der Waals surface area contributed by atoms with Crippen LogP contribution in [0.15, 0.2) is 30.5 Å². The minimum atomic E-state index is -0.549. The Hall–Kier alpha value is -2.96. The highest BCUT2D eigenvalue weighted by Crippen LogP contribution is 2.31. The van der Waals surface area contributed by atoms with Crippen LogP contribution in [0.1, 0.15) is 63.0 Å². The summed E-state index contributed by atoms with van der Waals surface area (Å²) in [5, 5.41) is 5.99. The van der Waals surface area contributed by atoms with Crippen LogP contribution in [-0.4, -0.2) is 34.4 Å². The topological polar surface area (TPSA) is 87.2 Å². The number of benzene rings is 1. The summed E-state index contributed by atoms with van der Waals surface area (Å²) in [4.78, 5) is 36.2. The van der Waals surface area contributed by atoms with Crippen molar-refractivity contribution in [2.75, 3.05) is 16.8 Å². The molecule has 1 fully saturated rings. The van der Waals surface area contributed by atoms with Gasteiger partial charge in [-0.15, -0.1) is 0 Å². The monoisotopic (exact) mass is 407 g/mol. The Balaban J connectivity index is 1.68. The third-order valence-corrected chi connectivity index (χ3v) is 5.91. The Morgan fingerprint density at radius 1 is 1.10 bits per heavy atom. The summed E-state index contributed by atoms with van der Waals surface area (Å²) >= 11 is 0. The molecule has 1 aromatic carbocycles. The molecular formula is C23H29N5O2. The molecule has 0 bridgehead atoms. The van der Waals surface area contributed by atoms with Crippen LogP contribution < -0.4 is 15.5 Å². The molecule has 0 saturated heterocycles. The van der Waals surface area contributed by atoms with Gasteiger partial charge >= 0.3 is 11.8 Å². The molecule has 0 unspecified atom stereocenters. The number of rotatable bonds is 4. The third kappa shape index (κ3) is 4.30. The summed E-state index contributed by atoms with van der Waals surface area (Å²) in [5.41, 5.74) is 3.06. The Bertz CT molecular complexity index is 920. The van der Waals surface area contributed by atoms with Gasteiger partial charge < -0.3 is 10.6 Å². The average Bonchev–Trinajstić information content (AvgIpc) is 3.27. The van der Waals surface area contributed by atoms with Crippen LogP contribution >= 0.6 is 0 Å². The Morgan fingerprint density at radius 3 is 2.53 bits per heavy atom. The molecule has 0 atom stereocenters. The fourth-order valence-corrected chi connectivity index (χ4v) is 4.19. The van der Waals surface area contributed by atoms with Gasteiger partial charge in [0.05, 0.1) is 0 Å². The standard InChI is InChI=1S/C23H29N5O2/c1-15(2)16-9-11-18(12-10-16)26-23-25-14-17-6-5-13-24-21(29)22(30)28(20(17)27-23)19-7-3-4-8-19/h9-12,14-15,19H,3-8,13H2,1-2H3,(H,24,29)(H,25,26,27). The van der Waals surface area contributed by atoms with E-state index in [2.05, 4.69) is 41.6 Å². The van der Waals surface area contributed by atoms with Gasteiger partial charge in [-0.2, -0.15) is 4.98 Å². The smallest absolute Gasteiger partial charge is 0.317 e. The van der Waals surface area contributed by atoms with Gasteiger partial charge in [-0.05, 0) is 49.3 Å². The van der Waals surface area contributed by atoms with Gasteiger partial charge in [0.2, 0.25) is 5.95 Å². The zero-order valence-corrected chi connectivity index (χ0v) is 17.6. The van der Waals surface area contributed by atoms with Gasteiger partial charge in [0.1, 0.15) is 5.82 Å². The summed E-state index contributed by atoms with van der Waals surface area (Å²) in [7, 11) is 0. The molecule has 1 saturated carbocycles. The fourth-order valence-electron chi connectivity index (χ4n) is 4.19. The lowest BCUT2D eigenvalue weighted by Crippen LogP contribution is -2.48. The summed E-state index contributed by atoms with van der Waals surface area (Å²) in [6, 6.07) is 8.20. The molecule has 4 rings (SSSR count). The highest BCUT2D eigenvalue weighted by molar-refractivity contribution is 6.40. The minimum Gasteiger partial charge on any atom is -0.348 e. The van der Waals surface area contributed by atoms with Crippen LogP contribution in [0.25, 0.3) is 0 Å². The maximum absolute atomic E-state index is 13.0. The van der Waals surface area contributed by atoms with Gasteiger partial charge in [-0.25, -0.2) is 4.98 Å². The Labute approximate surface area is 177 Å². The van der Waals surface area contributed by atoms with E-state index in [0.29, 0.717) is 24.2 Å². The molecule has 158 valence electrons. The molecule has 1 aliphatic carbocycles. The maximum Gasteiger partial charge on any atom is 0.317 e. The number of hydrogen-bond donors (Lipinski definition) is 2. The van der Waals surface area contributed by atoms with Crippen molar-refractivity contribution < 1.29 is 9.59 Å². The van der Waals surface area contributed by atoms with E-state index in [-0.39, 0.29) is 6.04 Å². The molecule has 2 aromatic rings. The number of hydrogen-bond acceptors (Lipinski definition) is 5. The SMILES string of the molecule is CC(C)c1ccc(Nc2ncc3c(n2)N(C2CCCC2)C(=O)C(=O)NCCC3)cc1. The lowest BCUT2D eigenvalue weighted by Gasteiger charge is -2.28. The van der Waals surface area contributed by atoms with Crippen molar-refractivity contribution in [3.05, 3.63) is 41.6 Å². The predicted octanol–water partition coefficient (Wildman–Crippen LogP) is 3.68. The number of nitrogens with one attached hydrogen (secondary N) is 2. The second-order valence-corrected chi connectivity index (χ2v) is 8.42. The zero-order chi connectivity index (χ0) is 21.1. The van der Waals surface area contributed by atoms with Crippen molar-refractivity contribution in [2.24, 2.45) is 0 Å². The van der Waals surface area contributed by atoms with Gasteiger partial charge in [0.15, 0.2) is 0 Å². The van der Waals surface area contributed by atoms with Crippen LogP contribution in [0.4, 0.5) is 17.5 Å². The first-order valence-electron chi connectivity index (χ1n) is 10.9. The second-order valence-electron chi connectivity index (χ2n) is 8.42. The van der Waals surface area contributed by atoms with E-state index >= 15 is 0 Å². The molecule has 7 heteroatoms. The van der Waals surface area contributed by atoms with Gasteiger partial charge in [0, 0.05) is 30.0 Å². The number of nitrogens with zero attached hydrogens (tertiary/aromatic N) is 3. The number of anilines is 3. The van der Waals surface area contributed by atoms with E-state index in [1.54, 1.807) is 11.1 Å². The molecule has 0 spiro atoms. The largest absolute Gasteiger partial charge is 0.348 e. The quantitative estimate of drug-likeness (QED) is 0.755. The number of carbonyl (C=O) groups excluding carboxylic acids is 2. The summed E-state index contributed by atoms with van der Waals surface area (Å²) < 4.78 is 0. The van der Waals surface area contributed by atoms with Crippen molar-refractivity contribution in [1.29, 1.82) is 0 Å². The van der Waals surface area contributed by atoms with Crippen molar-refractivity contribution in [1.82, 2.24) is 15.3 Å². The van der Waals surface area contributed by atoms with Crippen molar-refractivity contribution in [3.63, 3.8) is 0 Å². The lowest BCUT2D eigenvalue weighted by atomic mass is 10.0. The molecule has 2 heterocycles. The Morgan fingerprint density at radius 2 is 1.83 bits per heavy atom. The fraction of sp³-hybridized carbons (Fsp3) is 0.478. The number of fused-ring (bicyclic) bond motifs is 1. The lowest BCUT2D eigenvalue weighted by molar-refractivity contribution is -0.137. The third-order valence-electron chi connectivity index (χ3n) is 5.91. The maximum atomic E-state index is 13.0. The Kier molecular flexibility index (Phi) is 5.97. The first-order valence-corrected chi connectivity index (χ1v) is 10.9. The van der Waals surface area contributed by atoms with E-state index in [1.807, 2.05) is 12.1 Å². The van der Waals surface area contributed by atoms with Crippen LogP contribution in [0.3, 0.4) is 0 Å². The number of aromatic nitrogens is 2. The van der Waals surface area contributed by atoms with Crippen LogP contribution in [-0.2, 0) is 16.0 Å². The van der Waals surface area contributed by atoms with E-state index in [9.17, 15) is 9.59 Å². The molecule has 2 amide bonds. The molecule has 0 radical (unpaired) electrons. The summed E-state index contributed by atoms with van der Waals surface area (Å²) in [5.74, 6) is 0.401. The predicted molar refractivity (Wildman–Crippen MR) is 117 cm³/mol. The van der Waals surface area contributed by atoms with Crippen LogP contribution in [0.5, 0.6) is 0 Å². The van der Waals surface area contributed by atoms with E-state index in [4.69, 9.17) is 4.98 Å². The van der Waals surface area contributed by atoms with Gasteiger partial charge in [0.25, 0.3) is 0 Å². The van der Waals surface area contributed by atoms with Crippen LogP contribution in [0.2, 0.25) is 0 Å². The van der Waals surface area contributed by atoms with Crippen molar-refractivity contribution >= 4 is 29.3 Å². The normalized spacial score (nSPS) is 17.9. The van der Waals surface area contributed by atoms with Gasteiger partial charge in [-0.1, -0.05) is 38.8 Å². The molecule has 7 nitrogen and oxygen atoms in total. The average molecular weight is 408 g/mol. The van der Waals surface area contributed by atoms with Gasteiger partial charge in [-0.3, -0.25) is 14.5 Å². The van der Waals surface area contributed by atoms with E-state index in [1.165, 1.54) is 5.56 Å². The van der Waals surface area contributed by atoms with Crippen molar-refractivity contribution in [3.8, 4) is 0 Å². The molecule has 2 N–H and O–H groups in total. The molecular weight excluding hydrogens is 378 g/mol. The number of aryl methyl sites for hydroxylation is 1. The second kappa shape index (κ2) is 8.81. The number of carbonyl (C=O) groups is 2. The van der Waals surface area contributed by atoms with Crippen molar-refractivity contribution in [2.45, 2.75) is 64.3 Å². The first-order chi connectivity index (χ1) is 14.5. The minimum absolute atomic E-state index is 0.00757. The zero-order valence-electron chi connectivity index (χ0n) is 17.6. The molecule has 1 aliphatic heterocycles.